The number of allylic oxidation sites excluding steroid dienone is 14. The van der Waals surface area contributed by atoms with E-state index in [1.165, 1.54) is 51.4 Å². The Morgan fingerprint density at radius 1 is 0.533 bits per heavy atom. The number of phosphoric ester groups is 1. The molecule has 0 aliphatic rings. The van der Waals surface area contributed by atoms with Crippen LogP contribution < -0.4 is 5.73 Å². The number of phosphoric acid groups is 1. The molecule has 0 aromatic heterocycles. The molecule has 0 spiro atoms. The minimum Gasteiger partial charge on any atom is -0.480 e. The fourth-order valence-corrected chi connectivity index (χ4v) is 6.38. The average molecular weight is 862 g/mol. The molecule has 0 aliphatic carbocycles. The predicted molar refractivity (Wildman–Crippen MR) is 244 cm³/mol. The number of nitrogens with two attached hydrogens (primary N) is 1. The number of carboxylic acids is 1. The van der Waals surface area contributed by atoms with Crippen LogP contribution in [0.1, 0.15) is 168 Å². The van der Waals surface area contributed by atoms with Gasteiger partial charge in [0.25, 0.3) is 0 Å². The van der Waals surface area contributed by atoms with Gasteiger partial charge in [0, 0.05) is 12.8 Å². The zero-order valence-corrected chi connectivity index (χ0v) is 37.9. The molecule has 0 aromatic carbocycles. The molecule has 3 atom stereocenters. The minimum atomic E-state index is -4.74. The van der Waals surface area contributed by atoms with E-state index in [9.17, 15) is 23.8 Å². The van der Waals surface area contributed by atoms with Crippen molar-refractivity contribution in [3.8, 4) is 0 Å². The number of hydrogen-bond acceptors (Lipinski definition) is 9. The van der Waals surface area contributed by atoms with Crippen LogP contribution in [0.3, 0.4) is 0 Å². The highest BCUT2D eigenvalue weighted by Crippen LogP contribution is 2.43. The van der Waals surface area contributed by atoms with Crippen LogP contribution in [0, 0.1) is 0 Å². The van der Waals surface area contributed by atoms with Gasteiger partial charge in [-0.3, -0.25) is 23.4 Å². The number of hydrogen-bond donors (Lipinski definition) is 3. The molecule has 0 bridgehead atoms. The van der Waals surface area contributed by atoms with Crippen molar-refractivity contribution in [1.82, 2.24) is 0 Å². The fraction of sp³-hybridized carbons (Fsp3) is 0.646. The summed E-state index contributed by atoms with van der Waals surface area (Å²) in [5.74, 6) is -2.47. The highest BCUT2D eigenvalue weighted by atomic mass is 31.2. The molecule has 0 aliphatic heterocycles. The van der Waals surface area contributed by atoms with Gasteiger partial charge in [-0.25, -0.2) is 4.57 Å². The second-order valence-corrected chi connectivity index (χ2v) is 16.2. The predicted octanol–water partition coefficient (Wildman–Crippen LogP) is 12.3. The first-order valence-electron chi connectivity index (χ1n) is 22.6. The lowest BCUT2D eigenvalue weighted by atomic mass is 10.1. The van der Waals surface area contributed by atoms with Crippen LogP contribution in [0.2, 0.25) is 0 Å². The summed E-state index contributed by atoms with van der Waals surface area (Å²) in [6, 6.07) is -1.53. The number of aliphatic carboxylic acids is 1. The van der Waals surface area contributed by atoms with Crippen LogP contribution in [0.4, 0.5) is 0 Å². The lowest BCUT2D eigenvalue weighted by molar-refractivity contribution is -0.161. The second kappa shape index (κ2) is 42.4. The van der Waals surface area contributed by atoms with Gasteiger partial charge < -0.3 is 25.2 Å². The van der Waals surface area contributed by atoms with Crippen LogP contribution in [-0.4, -0.2) is 59.9 Å². The van der Waals surface area contributed by atoms with Crippen molar-refractivity contribution in [2.24, 2.45) is 5.73 Å². The Bertz CT molecular complexity index is 1340. The number of carboxylic acid groups (broad SMARTS) is 1. The third-order valence-corrected chi connectivity index (χ3v) is 10.1. The molecule has 12 heteroatoms. The van der Waals surface area contributed by atoms with Crippen molar-refractivity contribution in [3.63, 3.8) is 0 Å². The zero-order valence-electron chi connectivity index (χ0n) is 37.0. The molecule has 0 heterocycles. The Morgan fingerprint density at radius 2 is 0.950 bits per heavy atom. The summed E-state index contributed by atoms with van der Waals surface area (Å²) in [6.45, 7) is 2.60. The number of esters is 2. The Morgan fingerprint density at radius 3 is 1.45 bits per heavy atom. The molecule has 0 rings (SSSR count). The molecule has 0 radical (unpaired) electrons. The summed E-state index contributed by atoms with van der Waals surface area (Å²) in [6.07, 6.45) is 52.2. The SMILES string of the molecule is CC/C=C\C/C=C\C/C=C\C/C=C\C/C=C\CCCC(=O)OC[C@H](COP(=O)(O)OC[C@H](N)C(=O)O)OC(=O)CCCCCCCCCCC/C=C\C/C=C\CCCCC. The van der Waals surface area contributed by atoms with E-state index >= 15 is 0 Å². The summed E-state index contributed by atoms with van der Waals surface area (Å²) >= 11 is 0. The van der Waals surface area contributed by atoms with Gasteiger partial charge in [0.2, 0.25) is 0 Å². The van der Waals surface area contributed by atoms with Crippen LogP contribution in [-0.2, 0) is 37.5 Å². The highest BCUT2D eigenvalue weighted by molar-refractivity contribution is 7.47. The van der Waals surface area contributed by atoms with E-state index < -0.39 is 51.1 Å². The fourth-order valence-electron chi connectivity index (χ4n) is 5.60. The first-order valence-corrected chi connectivity index (χ1v) is 24.1. The molecule has 0 saturated heterocycles. The number of ether oxygens (including phenoxy) is 2. The molecule has 0 saturated carbocycles. The van der Waals surface area contributed by atoms with Gasteiger partial charge in [0.15, 0.2) is 6.10 Å². The molecular weight excluding hydrogens is 781 g/mol. The molecule has 4 N–H and O–H groups in total. The largest absolute Gasteiger partial charge is 0.480 e. The van der Waals surface area contributed by atoms with E-state index in [0.29, 0.717) is 19.3 Å². The first kappa shape index (κ1) is 56.7. The molecule has 11 nitrogen and oxygen atoms in total. The molecule has 0 fully saturated rings. The lowest BCUT2D eigenvalue weighted by Gasteiger charge is -2.20. The standard InChI is InChI=1S/C48H80NO10P/c1-3-5-7-9-11-13-15-17-19-21-22-24-26-28-30-32-34-36-38-40-47(51)59-44(42-57-60(54,55)58-43-45(49)48(52)53)41-56-46(50)39-37-35-33-31-29-27-25-23-20-18-16-14-12-10-8-6-4-2/h6,8,11-14,17-20,25,27,31,33,44-45H,3-5,7,9-10,15-16,21-24,26,28-30,32,34-43,49H2,1-2H3,(H,52,53)(H,54,55)/b8-6-,13-11-,14-12-,19-17-,20-18-,27-25-,33-31-/t44-,45+/m1/s1. The molecule has 60 heavy (non-hydrogen) atoms. The van der Waals surface area contributed by atoms with Gasteiger partial charge >= 0.3 is 25.7 Å². The van der Waals surface area contributed by atoms with Gasteiger partial charge in [0.1, 0.15) is 12.6 Å². The zero-order chi connectivity index (χ0) is 44.2. The lowest BCUT2D eigenvalue weighted by Crippen LogP contribution is -2.34. The van der Waals surface area contributed by atoms with E-state index in [1.54, 1.807) is 0 Å². The van der Waals surface area contributed by atoms with E-state index in [0.717, 1.165) is 70.6 Å². The van der Waals surface area contributed by atoms with E-state index in [-0.39, 0.29) is 19.4 Å². The van der Waals surface area contributed by atoms with Crippen LogP contribution in [0.15, 0.2) is 85.1 Å². The summed E-state index contributed by atoms with van der Waals surface area (Å²) in [5, 5.41) is 8.90. The van der Waals surface area contributed by atoms with Crippen LogP contribution in [0.25, 0.3) is 0 Å². The number of carbonyl (C=O) groups is 3. The molecule has 0 aromatic rings. The monoisotopic (exact) mass is 862 g/mol. The number of carbonyl (C=O) groups excluding carboxylic acids is 2. The van der Waals surface area contributed by atoms with Crippen LogP contribution in [0.5, 0.6) is 0 Å². The van der Waals surface area contributed by atoms with Crippen molar-refractivity contribution in [2.75, 3.05) is 19.8 Å². The molecule has 1 unspecified atom stereocenters. The van der Waals surface area contributed by atoms with Crippen molar-refractivity contribution < 1.29 is 47.5 Å². The smallest absolute Gasteiger partial charge is 0.472 e. The summed E-state index contributed by atoms with van der Waals surface area (Å²) < 4.78 is 32.7. The Kier molecular flexibility index (Phi) is 40.0. The second-order valence-electron chi connectivity index (χ2n) is 14.8. The summed E-state index contributed by atoms with van der Waals surface area (Å²) in [4.78, 5) is 46.0. The van der Waals surface area contributed by atoms with Crippen molar-refractivity contribution in [1.29, 1.82) is 0 Å². The van der Waals surface area contributed by atoms with Gasteiger partial charge in [-0.1, -0.05) is 157 Å². The Balaban J connectivity index is 4.44. The molecular formula is C48H80NO10P. The topological polar surface area (TPSA) is 172 Å². The van der Waals surface area contributed by atoms with Gasteiger partial charge in [-0.2, -0.15) is 0 Å². The van der Waals surface area contributed by atoms with Crippen LogP contribution >= 0.6 is 7.82 Å². The van der Waals surface area contributed by atoms with Gasteiger partial charge in [-0.15, -0.1) is 0 Å². The third kappa shape index (κ3) is 41.4. The maximum absolute atomic E-state index is 12.7. The van der Waals surface area contributed by atoms with Gasteiger partial charge in [-0.05, 0) is 83.5 Å². The minimum absolute atomic E-state index is 0.138. The van der Waals surface area contributed by atoms with E-state index in [2.05, 4.69) is 91.3 Å². The van der Waals surface area contributed by atoms with Gasteiger partial charge in [0.05, 0.1) is 13.2 Å². The number of unbranched alkanes of at least 4 members (excludes halogenated alkanes) is 13. The summed E-state index contributed by atoms with van der Waals surface area (Å²) in [5.41, 5.74) is 5.33. The van der Waals surface area contributed by atoms with E-state index in [4.69, 9.17) is 24.8 Å². The average Bonchev–Trinajstić information content (AvgIpc) is 3.22. The highest BCUT2D eigenvalue weighted by Gasteiger charge is 2.28. The Hall–Kier alpha value is -3.34. The van der Waals surface area contributed by atoms with Crippen molar-refractivity contribution in [2.45, 2.75) is 180 Å². The third-order valence-electron chi connectivity index (χ3n) is 9.13. The Labute approximate surface area is 362 Å². The summed E-state index contributed by atoms with van der Waals surface area (Å²) in [7, 11) is -4.74. The normalized spacial score (nSPS) is 14.5. The maximum atomic E-state index is 12.7. The first-order chi connectivity index (χ1) is 29.1. The van der Waals surface area contributed by atoms with Crippen molar-refractivity contribution >= 4 is 25.7 Å². The molecule has 342 valence electrons. The molecule has 0 amide bonds. The van der Waals surface area contributed by atoms with E-state index in [1.807, 2.05) is 12.2 Å². The quantitative estimate of drug-likeness (QED) is 0.0231. The maximum Gasteiger partial charge on any atom is 0.472 e. The number of rotatable bonds is 41. The van der Waals surface area contributed by atoms with Crippen molar-refractivity contribution in [3.05, 3.63) is 85.1 Å².